The molecule has 1 unspecified atom stereocenters. The molecule has 1 atom stereocenters. The average Bonchev–Trinajstić information content (AvgIpc) is 2.97. The highest BCUT2D eigenvalue weighted by Crippen LogP contribution is 2.34. The summed E-state index contributed by atoms with van der Waals surface area (Å²) in [5.74, 6) is 1.79. The first kappa shape index (κ1) is 12.5. The maximum absolute atomic E-state index is 5.78. The van der Waals surface area contributed by atoms with Gasteiger partial charge in [-0.1, -0.05) is 15.9 Å². The maximum atomic E-state index is 5.78. The largest absolute Gasteiger partial charge is 0.493 e. The zero-order valence-corrected chi connectivity index (χ0v) is 12.1. The summed E-state index contributed by atoms with van der Waals surface area (Å²) in [6.45, 7) is 4.90. The van der Waals surface area contributed by atoms with E-state index in [1.165, 1.54) is 17.5 Å². The molecule has 0 radical (unpaired) electrons. The molecule has 1 fully saturated rings. The predicted octanol–water partition coefficient (Wildman–Crippen LogP) is 2.16. The third-order valence-corrected chi connectivity index (χ3v) is 4.38. The Morgan fingerprint density at radius 1 is 1.44 bits per heavy atom. The molecule has 2 aliphatic heterocycles. The van der Waals surface area contributed by atoms with Crippen molar-refractivity contribution in [3.8, 4) is 5.75 Å². The van der Waals surface area contributed by atoms with Crippen LogP contribution in [0, 0.1) is 5.92 Å². The molecule has 0 spiro atoms. The third-order valence-electron chi connectivity index (χ3n) is 3.92. The van der Waals surface area contributed by atoms with Gasteiger partial charge in [-0.3, -0.25) is 4.90 Å². The first-order valence-electron chi connectivity index (χ1n) is 6.63. The number of hydrogen-bond donors (Lipinski definition) is 1. The van der Waals surface area contributed by atoms with Gasteiger partial charge in [0.2, 0.25) is 0 Å². The first-order valence-corrected chi connectivity index (χ1v) is 7.42. The Hall–Kier alpha value is -0.580. The Labute approximate surface area is 116 Å². The molecule has 1 saturated heterocycles. The van der Waals surface area contributed by atoms with Gasteiger partial charge in [-0.25, -0.2) is 0 Å². The summed E-state index contributed by atoms with van der Waals surface area (Å²) in [5, 5.41) is 0. The fraction of sp³-hybridized carbons (Fsp3) is 0.571. The molecule has 0 amide bonds. The molecule has 18 heavy (non-hydrogen) atoms. The van der Waals surface area contributed by atoms with Crippen molar-refractivity contribution in [2.24, 2.45) is 11.7 Å². The van der Waals surface area contributed by atoms with E-state index in [4.69, 9.17) is 10.5 Å². The zero-order chi connectivity index (χ0) is 12.5. The van der Waals surface area contributed by atoms with Gasteiger partial charge in [0, 0.05) is 29.5 Å². The SMILES string of the molecule is NCC1CCN(Cc2cc(Br)cc3c2OCC3)C1. The van der Waals surface area contributed by atoms with Crippen molar-refractivity contribution in [2.75, 3.05) is 26.2 Å². The molecule has 0 bridgehead atoms. The Balaban J connectivity index is 1.77. The van der Waals surface area contributed by atoms with Gasteiger partial charge < -0.3 is 10.5 Å². The van der Waals surface area contributed by atoms with Crippen LogP contribution in [0.15, 0.2) is 16.6 Å². The summed E-state index contributed by atoms with van der Waals surface area (Å²) < 4.78 is 6.94. The van der Waals surface area contributed by atoms with E-state index in [2.05, 4.69) is 33.0 Å². The fourth-order valence-corrected chi connectivity index (χ4v) is 3.51. The second-order valence-corrected chi connectivity index (χ2v) is 6.19. The van der Waals surface area contributed by atoms with Crippen molar-refractivity contribution in [3.63, 3.8) is 0 Å². The van der Waals surface area contributed by atoms with Crippen LogP contribution in [0.5, 0.6) is 5.75 Å². The quantitative estimate of drug-likeness (QED) is 0.930. The first-order chi connectivity index (χ1) is 8.76. The number of fused-ring (bicyclic) bond motifs is 1. The highest BCUT2D eigenvalue weighted by molar-refractivity contribution is 9.10. The molecule has 0 aromatic heterocycles. The smallest absolute Gasteiger partial charge is 0.127 e. The molecular weight excluding hydrogens is 292 g/mol. The van der Waals surface area contributed by atoms with E-state index in [0.717, 1.165) is 49.4 Å². The van der Waals surface area contributed by atoms with Crippen molar-refractivity contribution in [2.45, 2.75) is 19.4 Å². The Bertz CT molecular complexity index is 450. The average molecular weight is 311 g/mol. The number of hydrogen-bond acceptors (Lipinski definition) is 3. The number of ether oxygens (including phenoxy) is 1. The molecule has 4 heteroatoms. The van der Waals surface area contributed by atoms with E-state index in [-0.39, 0.29) is 0 Å². The van der Waals surface area contributed by atoms with Crippen LogP contribution in [0.4, 0.5) is 0 Å². The maximum Gasteiger partial charge on any atom is 0.127 e. The lowest BCUT2D eigenvalue weighted by Crippen LogP contribution is -2.23. The van der Waals surface area contributed by atoms with Gasteiger partial charge in [-0.15, -0.1) is 0 Å². The Morgan fingerprint density at radius 2 is 2.33 bits per heavy atom. The summed E-state index contributed by atoms with van der Waals surface area (Å²) in [6.07, 6.45) is 2.26. The standard InChI is InChI=1S/C14H19BrN2O/c15-13-5-11-2-4-18-14(11)12(6-13)9-17-3-1-10(7-16)8-17/h5-6,10H,1-4,7-9,16H2. The van der Waals surface area contributed by atoms with Crippen LogP contribution in [-0.4, -0.2) is 31.1 Å². The number of rotatable bonds is 3. The number of nitrogens with zero attached hydrogens (tertiary/aromatic N) is 1. The van der Waals surface area contributed by atoms with Crippen molar-refractivity contribution in [1.82, 2.24) is 4.90 Å². The molecule has 2 aliphatic rings. The minimum atomic E-state index is 0.672. The van der Waals surface area contributed by atoms with Crippen LogP contribution in [0.2, 0.25) is 0 Å². The molecule has 3 rings (SSSR count). The van der Waals surface area contributed by atoms with Crippen molar-refractivity contribution >= 4 is 15.9 Å². The van der Waals surface area contributed by atoms with E-state index < -0.39 is 0 Å². The van der Waals surface area contributed by atoms with Crippen LogP contribution < -0.4 is 10.5 Å². The summed E-state index contributed by atoms with van der Waals surface area (Å²) in [4.78, 5) is 2.49. The number of halogens is 1. The lowest BCUT2D eigenvalue weighted by Gasteiger charge is -2.18. The van der Waals surface area contributed by atoms with Crippen LogP contribution in [0.25, 0.3) is 0 Å². The normalized spacial score (nSPS) is 23.1. The van der Waals surface area contributed by atoms with E-state index in [0.29, 0.717) is 5.92 Å². The summed E-state index contributed by atoms with van der Waals surface area (Å²) in [7, 11) is 0. The van der Waals surface area contributed by atoms with E-state index in [1.54, 1.807) is 0 Å². The summed E-state index contributed by atoms with van der Waals surface area (Å²) in [5.41, 5.74) is 8.40. The second kappa shape index (κ2) is 5.19. The summed E-state index contributed by atoms with van der Waals surface area (Å²) in [6, 6.07) is 4.37. The minimum absolute atomic E-state index is 0.672. The monoisotopic (exact) mass is 310 g/mol. The second-order valence-electron chi connectivity index (χ2n) is 5.28. The third kappa shape index (κ3) is 2.42. The highest BCUT2D eigenvalue weighted by atomic mass is 79.9. The molecule has 1 aromatic carbocycles. The van der Waals surface area contributed by atoms with Crippen molar-refractivity contribution < 1.29 is 4.74 Å². The molecule has 1 aromatic rings. The van der Waals surface area contributed by atoms with Gasteiger partial charge in [-0.05, 0) is 43.1 Å². The minimum Gasteiger partial charge on any atom is -0.493 e. The van der Waals surface area contributed by atoms with Gasteiger partial charge in [0.25, 0.3) is 0 Å². The highest BCUT2D eigenvalue weighted by Gasteiger charge is 2.24. The van der Waals surface area contributed by atoms with Crippen LogP contribution in [-0.2, 0) is 13.0 Å². The molecule has 2 N–H and O–H groups in total. The topological polar surface area (TPSA) is 38.5 Å². The number of benzene rings is 1. The van der Waals surface area contributed by atoms with Crippen molar-refractivity contribution in [3.05, 3.63) is 27.7 Å². The molecular formula is C14H19BrN2O. The number of nitrogens with two attached hydrogens (primary N) is 1. The summed E-state index contributed by atoms with van der Waals surface area (Å²) >= 11 is 3.60. The van der Waals surface area contributed by atoms with Crippen molar-refractivity contribution in [1.29, 1.82) is 0 Å². The molecule has 0 saturated carbocycles. The van der Waals surface area contributed by atoms with Gasteiger partial charge in [0.1, 0.15) is 5.75 Å². The van der Waals surface area contributed by atoms with Crippen LogP contribution in [0.1, 0.15) is 17.5 Å². The molecule has 3 nitrogen and oxygen atoms in total. The molecule has 2 heterocycles. The van der Waals surface area contributed by atoms with Gasteiger partial charge in [0.05, 0.1) is 6.61 Å². The van der Waals surface area contributed by atoms with Gasteiger partial charge in [0.15, 0.2) is 0 Å². The number of likely N-dealkylation sites (tertiary alicyclic amines) is 1. The Morgan fingerprint density at radius 3 is 3.11 bits per heavy atom. The molecule has 98 valence electrons. The van der Waals surface area contributed by atoms with Gasteiger partial charge >= 0.3 is 0 Å². The lowest BCUT2D eigenvalue weighted by atomic mass is 10.1. The Kier molecular flexibility index (Phi) is 3.59. The fourth-order valence-electron chi connectivity index (χ4n) is 2.95. The van der Waals surface area contributed by atoms with E-state index in [1.807, 2.05) is 0 Å². The zero-order valence-electron chi connectivity index (χ0n) is 10.5. The lowest BCUT2D eigenvalue weighted by molar-refractivity contribution is 0.303. The van der Waals surface area contributed by atoms with Crippen LogP contribution in [0.3, 0.4) is 0 Å². The van der Waals surface area contributed by atoms with E-state index in [9.17, 15) is 0 Å². The van der Waals surface area contributed by atoms with E-state index >= 15 is 0 Å². The van der Waals surface area contributed by atoms with Gasteiger partial charge in [-0.2, -0.15) is 0 Å². The molecule has 0 aliphatic carbocycles. The predicted molar refractivity (Wildman–Crippen MR) is 75.8 cm³/mol. The van der Waals surface area contributed by atoms with Crippen LogP contribution >= 0.6 is 15.9 Å².